The van der Waals surface area contributed by atoms with Crippen molar-refractivity contribution in [2.24, 2.45) is 0 Å². The summed E-state index contributed by atoms with van der Waals surface area (Å²) in [5.41, 5.74) is 2.72. The van der Waals surface area contributed by atoms with Gasteiger partial charge in [-0.25, -0.2) is 0 Å². The quantitative estimate of drug-likeness (QED) is 0.361. The van der Waals surface area contributed by atoms with Gasteiger partial charge in [0.2, 0.25) is 0 Å². The molecule has 0 atom stereocenters. The predicted molar refractivity (Wildman–Crippen MR) is 120 cm³/mol. The zero-order chi connectivity index (χ0) is 20.1. The summed E-state index contributed by atoms with van der Waals surface area (Å²) in [6.45, 7) is 0.833. The Hall–Kier alpha value is -1.59. The van der Waals surface area contributed by atoms with Crippen molar-refractivity contribution in [1.82, 2.24) is 0 Å². The highest BCUT2D eigenvalue weighted by molar-refractivity contribution is 9.10. The van der Waals surface area contributed by atoms with Gasteiger partial charge < -0.3 is 14.8 Å². The molecular formula is C21H17BrCl3NO2. The second kappa shape index (κ2) is 9.75. The van der Waals surface area contributed by atoms with Gasteiger partial charge in [-0.15, -0.1) is 0 Å². The van der Waals surface area contributed by atoms with E-state index in [1.54, 1.807) is 25.3 Å². The second-order valence-electron chi connectivity index (χ2n) is 5.98. The van der Waals surface area contributed by atoms with Gasteiger partial charge >= 0.3 is 0 Å². The minimum atomic E-state index is 0.277. The molecule has 0 aliphatic heterocycles. The molecule has 0 radical (unpaired) electrons. The maximum absolute atomic E-state index is 6.46. The molecular weight excluding hydrogens is 484 g/mol. The van der Waals surface area contributed by atoms with Crippen molar-refractivity contribution in [3.8, 4) is 11.5 Å². The number of nitrogens with one attached hydrogen (secondary N) is 1. The van der Waals surface area contributed by atoms with Crippen LogP contribution >= 0.6 is 50.7 Å². The standard InChI is InChI=1S/C21H17BrCl3NO2/c1-27-20-8-14(11-26-17-6-3-15(22)4-7-17)19(25)10-21(20)28-12-13-2-5-16(23)9-18(13)24/h2-10,26H,11-12H2,1H3. The molecule has 28 heavy (non-hydrogen) atoms. The van der Waals surface area contributed by atoms with Gasteiger partial charge in [0.15, 0.2) is 11.5 Å². The molecule has 0 saturated carbocycles. The second-order valence-corrected chi connectivity index (χ2v) is 8.15. The van der Waals surface area contributed by atoms with Gasteiger partial charge in [-0.3, -0.25) is 0 Å². The average Bonchev–Trinajstić information content (AvgIpc) is 2.68. The molecule has 3 rings (SSSR count). The molecule has 0 aromatic heterocycles. The van der Waals surface area contributed by atoms with Crippen molar-refractivity contribution < 1.29 is 9.47 Å². The molecule has 0 unspecified atom stereocenters. The van der Waals surface area contributed by atoms with Crippen LogP contribution in [0.4, 0.5) is 5.69 Å². The van der Waals surface area contributed by atoms with Crippen LogP contribution < -0.4 is 14.8 Å². The van der Waals surface area contributed by atoms with E-state index in [0.29, 0.717) is 33.1 Å². The van der Waals surface area contributed by atoms with E-state index in [2.05, 4.69) is 21.2 Å². The number of anilines is 1. The largest absolute Gasteiger partial charge is 0.493 e. The molecule has 0 saturated heterocycles. The molecule has 1 N–H and O–H groups in total. The number of rotatable bonds is 7. The smallest absolute Gasteiger partial charge is 0.163 e. The number of hydrogen-bond donors (Lipinski definition) is 1. The molecule has 0 bridgehead atoms. The lowest BCUT2D eigenvalue weighted by atomic mass is 10.2. The fourth-order valence-corrected chi connectivity index (χ4v) is 3.49. The van der Waals surface area contributed by atoms with Gasteiger partial charge in [-0.1, -0.05) is 56.8 Å². The van der Waals surface area contributed by atoms with Gasteiger partial charge in [-0.05, 0) is 48.0 Å². The van der Waals surface area contributed by atoms with E-state index in [9.17, 15) is 0 Å². The molecule has 3 aromatic carbocycles. The minimum Gasteiger partial charge on any atom is -0.493 e. The summed E-state index contributed by atoms with van der Waals surface area (Å²) in [5.74, 6) is 1.15. The molecule has 3 aromatic rings. The maximum atomic E-state index is 6.46. The Bertz CT molecular complexity index is 965. The van der Waals surface area contributed by atoms with Gasteiger partial charge in [0.1, 0.15) is 6.61 Å². The summed E-state index contributed by atoms with van der Waals surface area (Å²) in [5, 5.41) is 5.05. The number of ether oxygens (including phenoxy) is 2. The van der Waals surface area contributed by atoms with Gasteiger partial charge in [-0.2, -0.15) is 0 Å². The summed E-state index contributed by atoms with van der Waals surface area (Å²) in [6.07, 6.45) is 0. The number of halogens is 4. The van der Waals surface area contributed by atoms with Crippen LogP contribution in [-0.4, -0.2) is 7.11 Å². The van der Waals surface area contributed by atoms with Gasteiger partial charge in [0.25, 0.3) is 0 Å². The van der Waals surface area contributed by atoms with Crippen LogP contribution in [0.15, 0.2) is 59.1 Å². The number of hydrogen-bond acceptors (Lipinski definition) is 3. The first-order chi connectivity index (χ1) is 13.5. The summed E-state index contributed by atoms with van der Waals surface area (Å²) >= 11 is 22.0. The van der Waals surface area contributed by atoms with Crippen LogP contribution in [-0.2, 0) is 13.2 Å². The van der Waals surface area contributed by atoms with E-state index in [-0.39, 0.29) is 6.61 Å². The maximum Gasteiger partial charge on any atom is 0.163 e. The molecule has 3 nitrogen and oxygen atoms in total. The summed E-state index contributed by atoms with van der Waals surface area (Å²) < 4.78 is 12.4. The van der Waals surface area contributed by atoms with Crippen LogP contribution in [0.25, 0.3) is 0 Å². The third-order valence-corrected chi connectivity index (χ3v) is 5.53. The van der Waals surface area contributed by atoms with E-state index in [1.807, 2.05) is 36.4 Å². The molecule has 0 spiro atoms. The zero-order valence-electron chi connectivity index (χ0n) is 14.9. The van der Waals surface area contributed by atoms with E-state index in [1.165, 1.54) is 0 Å². The minimum absolute atomic E-state index is 0.277. The van der Waals surface area contributed by atoms with Gasteiger partial charge in [0.05, 0.1) is 7.11 Å². The van der Waals surface area contributed by atoms with Crippen molar-refractivity contribution in [3.63, 3.8) is 0 Å². The fourth-order valence-electron chi connectivity index (χ4n) is 2.54. The van der Waals surface area contributed by atoms with Crippen LogP contribution in [0, 0.1) is 0 Å². The summed E-state index contributed by atoms with van der Waals surface area (Å²) in [4.78, 5) is 0. The lowest BCUT2D eigenvalue weighted by Gasteiger charge is -2.15. The molecule has 0 fully saturated rings. The average molecular weight is 502 g/mol. The Morgan fingerprint density at radius 1 is 0.857 bits per heavy atom. The Labute approximate surface area is 187 Å². The van der Waals surface area contributed by atoms with Crippen LogP contribution in [0.5, 0.6) is 11.5 Å². The van der Waals surface area contributed by atoms with Crippen molar-refractivity contribution in [3.05, 3.63) is 85.3 Å². The Morgan fingerprint density at radius 3 is 2.25 bits per heavy atom. The molecule has 0 heterocycles. The van der Waals surface area contributed by atoms with Crippen molar-refractivity contribution in [2.45, 2.75) is 13.2 Å². The molecule has 7 heteroatoms. The topological polar surface area (TPSA) is 30.5 Å². The van der Waals surface area contributed by atoms with Crippen LogP contribution in [0.3, 0.4) is 0 Å². The number of methoxy groups -OCH3 is 1. The highest BCUT2D eigenvalue weighted by atomic mass is 79.9. The van der Waals surface area contributed by atoms with E-state index in [4.69, 9.17) is 44.3 Å². The lowest BCUT2D eigenvalue weighted by molar-refractivity contribution is 0.284. The first-order valence-electron chi connectivity index (χ1n) is 8.39. The Balaban J connectivity index is 1.72. The summed E-state index contributed by atoms with van der Waals surface area (Å²) in [7, 11) is 1.59. The predicted octanol–water partition coefficient (Wildman–Crippen LogP) is 7.61. The van der Waals surface area contributed by atoms with Crippen LogP contribution in [0.2, 0.25) is 15.1 Å². The summed E-state index contributed by atoms with van der Waals surface area (Å²) in [6, 6.07) is 16.8. The first-order valence-corrected chi connectivity index (χ1v) is 10.3. The molecule has 146 valence electrons. The van der Waals surface area contributed by atoms with Crippen molar-refractivity contribution in [1.29, 1.82) is 0 Å². The third-order valence-electron chi connectivity index (χ3n) is 4.06. The van der Waals surface area contributed by atoms with Crippen molar-refractivity contribution in [2.75, 3.05) is 12.4 Å². The van der Waals surface area contributed by atoms with E-state index >= 15 is 0 Å². The van der Waals surface area contributed by atoms with E-state index in [0.717, 1.165) is 21.3 Å². The molecule has 0 aliphatic rings. The number of benzene rings is 3. The molecule has 0 amide bonds. The monoisotopic (exact) mass is 499 g/mol. The SMILES string of the molecule is COc1cc(CNc2ccc(Br)cc2)c(Cl)cc1OCc1ccc(Cl)cc1Cl. The fraction of sp³-hybridized carbons (Fsp3) is 0.143. The first kappa shape index (κ1) is 21.1. The highest BCUT2D eigenvalue weighted by Crippen LogP contribution is 2.35. The Morgan fingerprint density at radius 2 is 1.57 bits per heavy atom. The third kappa shape index (κ3) is 5.48. The van der Waals surface area contributed by atoms with E-state index < -0.39 is 0 Å². The normalized spacial score (nSPS) is 10.6. The lowest BCUT2D eigenvalue weighted by Crippen LogP contribution is -2.03. The molecule has 0 aliphatic carbocycles. The Kier molecular flexibility index (Phi) is 7.36. The van der Waals surface area contributed by atoms with Crippen LogP contribution in [0.1, 0.15) is 11.1 Å². The zero-order valence-corrected chi connectivity index (χ0v) is 18.8. The highest BCUT2D eigenvalue weighted by Gasteiger charge is 2.12. The van der Waals surface area contributed by atoms with Gasteiger partial charge in [0, 0.05) is 43.4 Å². The van der Waals surface area contributed by atoms with Crippen molar-refractivity contribution >= 4 is 56.4 Å².